The van der Waals surface area contributed by atoms with Gasteiger partial charge in [0, 0.05) is 13.1 Å². The minimum Gasteiger partial charge on any atom is -0.465 e. The average molecular weight is 330 g/mol. The Hall–Kier alpha value is -2.84. The molecule has 8 nitrogen and oxygen atoms in total. The van der Waals surface area contributed by atoms with Crippen LogP contribution < -0.4 is 11.5 Å². The van der Waals surface area contributed by atoms with Crippen LogP contribution in [0.1, 0.15) is 32.1 Å². The Balaban J connectivity index is 2.61. The largest absolute Gasteiger partial charge is 0.465 e. The molecule has 0 aliphatic rings. The molecule has 0 atom stereocenters. The lowest BCUT2D eigenvalue weighted by Gasteiger charge is -2.09. The summed E-state index contributed by atoms with van der Waals surface area (Å²) < 4.78 is 9.46. The van der Waals surface area contributed by atoms with Gasteiger partial charge in [0.2, 0.25) is 0 Å². The molecule has 24 heavy (non-hydrogen) atoms. The van der Waals surface area contributed by atoms with E-state index in [4.69, 9.17) is 20.9 Å². The number of methoxy groups -OCH3 is 2. The van der Waals surface area contributed by atoms with Gasteiger partial charge in [0.05, 0.1) is 48.1 Å². The number of esters is 2. The van der Waals surface area contributed by atoms with Crippen molar-refractivity contribution in [2.24, 2.45) is 11.5 Å². The van der Waals surface area contributed by atoms with Crippen molar-refractivity contribution in [1.29, 1.82) is 0 Å². The van der Waals surface area contributed by atoms with Crippen molar-refractivity contribution in [2.45, 2.75) is 13.1 Å². The highest BCUT2D eigenvalue weighted by molar-refractivity contribution is 5.92. The zero-order chi connectivity index (χ0) is 17.7. The van der Waals surface area contributed by atoms with Gasteiger partial charge in [0.15, 0.2) is 0 Å². The summed E-state index contributed by atoms with van der Waals surface area (Å²) >= 11 is 0. The van der Waals surface area contributed by atoms with E-state index >= 15 is 0 Å². The number of pyridine rings is 2. The molecule has 0 amide bonds. The van der Waals surface area contributed by atoms with Crippen molar-refractivity contribution in [2.75, 3.05) is 14.2 Å². The summed E-state index contributed by atoms with van der Waals surface area (Å²) in [5, 5.41) is 0. The lowest BCUT2D eigenvalue weighted by Crippen LogP contribution is -2.10. The van der Waals surface area contributed by atoms with Crippen molar-refractivity contribution in [3.05, 3.63) is 46.8 Å². The number of nitrogens with zero attached hydrogens (tertiary/aromatic N) is 2. The Kier molecular flexibility index (Phi) is 5.56. The first-order valence-corrected chi connectivity index (χ1v) is 7.11. The van der Waals surface area contributed by atoms with Crippen LogP contribution in [0.2, 0.25) is 0 Å². The minimum atomic E-state index is -0.517. The molecular formula is C16H18N4O4. The van der Waals surface area contributed by atoms with Crippen LogP contribution in [-0.4, -0.2) is 36.1 Å². The van der Waals surface area contributed by atoms with Gasteiger partial charge < -0.3 is 20.9 Å². The number of hydrogen-bond acceptors (Lipinski definition) is 8. The van der Waals surface area contributed by atoms with Crippen LogP contribution in [0.25, 0.3) is 11.4 Å². The fourth-order valence-corrected chi connectivity index (χ4v) is 2.12. The molecule has 126 valence electrons. The number of carbonyl (C=O) groups is 2. The second-order valence-corrected chi connectivity index (χ2v) is 4.86. The summed E-state index contributed by atoms with van der Waals surface area (Å²) in [6.07, 6.45) is 0. The van der Waals surface area contributed by atoms with E-state index in [0.717, 1.165) is 0 Å². The molecule has 2 rings (SSSR count). The predicted octanol–water partition coefficient (Wildman–Crippen LogP) is 0.634. The smallest absolute Gasteiger partial charge is 0.337 e. The van der Waals surface area contributed by atoms with E-state index in [1.165, 1.54) is 26.4 Å². The standard InChI is InChI=1S/C16H18N4O4/c1-23-15(21)9-3-11(7-17)19-13(5-9)14-6-10(16(22)24-2)4-12(8-18)20-14/h3-6H,7-8,17-18H2,1-2H3. The number of ether oxygens (including phenoxy) is 2. The van der Waals surface area contributed by atoms with Crippen LogP contribution in [0.3, 0.4) is 0 Å². The topological polar surface area (TPSA) is 130 Å². The van der Waals surface area contributed by atoms with Crippen molar-refractivity contribution < 1.29 is 19.1 Å². The van der Waals surface area contributed by atoms with E-state index in [2.05, 4.69) is 9.97 Å². The second-order valence-electron chi connectivity index (χ2n) is 4.86. The number of rotatable bonds is 5. The maximum absolute atomic E-state index is 11.8. The van der Waals surface area contributed by atoms with Crippen LogP contribution in [0.4, 0.5) is 0 Å². The molecule has 2 aromatic rings. The first kappa shape index (κ1) is 17.5. The molecule has 0 aliphatic carbocycles. The van der Waals surface area contributed by atoms with Gasteiger partial charge in [-0.2, -0.15) is 0 Å². The molecule has 2 heterocycles. The Labute approximate surface area is 138 Å². The van der Waals surface area contributed by atoms with Crippen molar-refractivity contribution in [3.63, 3.8) is 0 Å². The van der Waals surface area contributed by atoms with Gasteiger partial charge in [-0.1, -0.05) is 0 Å². The molecule has 0 fully saturated rings. The summed E-state index contributed by atoms with van der Waals surface area (Å²) in [6, 6.07) is 6.13. The SMILES string of the molecule is COC(=O)c1cc(CN)nc(-c2cc(C(=O)OC)cc(CN)n2)c1. The van der Waals surface area contributed by atoms with Gasteiger partial charge in [-0.3, -0.25) is 0 Å². The Bertz CT molecular complexity index is 711. The second kappa shape index (κ2) is 7.62. The van der Waals surface area contributed by atoms with Gasteiger partial charge in [-0.25, -0.2) is 19.6 Å². The van der Waals surface area contributed by atoms with Gasteiger partial charge >= 0.3 is 11.9 Å². The highest BCUT2D eigenvalue weighted by atomic mass is 16.5. The average Bonchev–Trinajstić information content (AvgIpc) is 2.65. The molecule has 0 saturated heterocycles. The van der Waals surface area contributed by atoms with Gasteiger partial charge in [0.1, 0.15) is 0 Å². The minimum absolute atomic E-state index is 0.137. The lowest BCUT2D eigenvalue weighted by atomic mass is 10.1. The molecule has 8 heteroatoms. The van der Waals surface area contributed by atoms with Gasteiger partial charge in [-0.15, -0.1) is 0 Å². The summed E-state index contributed by atoms with van der Waals surface area (Å²) in [5.41, 5.74) is 13.6. The molecule has 4 N–H and O–H groups in total. The van der Waals surface area contributed by atoms with Crippen molar-refractivity contribution in [3.8, 4) is 11.4 Å². The number of aromatic nitrogens is 2. The first-order chi connectivity index (χ1) is 11.5. The molecule has 0 radical (unpaired) electrons. The molecule has 0 saturated carbocycles. The number of carbonyl (C=O) groups excluding carboxylic acids is 2. The van der Waals surface area contributed by atoms with Crippen LogP contribution in [-0.2, 0) is 22.6 Å². The predicted molar refractivity (Wildman–Crippen MR) is 85.9 cm³/mol. The highest BCUT2D eigenvalue weighted by Gasteiger charge is 2.15. The number of hydrogen-bond donors (Lipinski definition) is 2. The normalized spacial score (nSPS) is 10.3. The number of nitrogens with two attached hydrogens (primary N) is 2. The molecule has 2 aromatic heterocycles. The monoisotopic (exact) mass is 330 g/mol. The van der Waals surface area contributed by atoms with Crippen LogP contribution in [0, 0.1) is 0 Å². The Morgan fingerprint density at radius 3 is 1.50 bits per heavy atom. The van der Waals surface area contributed by atoms with Crippen LogP contribution in [0.15, 0.2) is 24.3 Å². The molecule has 0 aliphatic heterocycles. The maximum atomic E-state index is 11.8. The summed E-state index contributed by atoms with van der Waals surface area (Å²) in [7, 11) is 2.57. The Morgan fingerprint density at radius 1 is 0.833 bits per heavy atom. The third-order valence-corrected chi connectivity index (χ3v) is 3.28. The highest BCUT2D eigenvalue weighted by Crippen LogP contribution is 2.21. The zero-order valence-corrected chi connectivity index (χ0v) is 13.4. The van der Waals surface area contributed by atoms with E-state index < -0.39 is 11.9 Å². The Morgan fingerprint density at radius 2 is 1.21 bits per heavy atom. The van der Waals surface area contributed by atoms with Crippen LogP contribution >= 0.6 is 0 Å². The van der Waals surface area contributed by atoms with E-state index in [0.29, 0.717) is 33.9 Å². The quantitative estimate of drug-likeness (QED) is 0.763. The summed E-state index contributed by atoms with van der Waals surface area (Å²) in [5.74, 6) is -1.03. The third-order valence-electron chi connectivity index (χ3n) is 3.28. The van der Waals surface area contributed by atoms with E-state index in [9.17, 15) is 9.59 Å². The van der Waals surface area contributed by atoms with Gasteiger partial charge in [0.25, 0.3) is 0 Å². The fourth-order valence-electron chi connectivity index (χ4n) is 2.12. The van der Waals surface area contributed by atoms with E-state index in [-0.39, 0.29) is 13.1 Å². The fraction of sp³-hybridized carbons (Fsp3) is 0.250. The third kappa shape index (κ3) is 3.73. The molecular weight excluding hydrogens is 312 g/mol. The van der Waals surface area contributed by atoms with E-state index in [1.54, 1.807) is 12.1 Å². The zero-order valence-electron chi connectivity index (χ0n) is 13.4. The summed E-state index contributed by atoms with van der Waals surface area (Å²) in [4.78, 5) is 32.3. The maximum Gasteiger partial charge on any atom is 0.337 e. The summed E-state index contributed by atoms with van der Waals surface area (Å²) in [6.45, 7) is 0.274. The molecule has 0 aromatic carbocycles. The lowest BCUT2D eigenvalue weighted by molar-refractivity contribution is 0.0591. The first-order valence-electron chi connectivity index (χ1n) is 7.11. The molecule has 0 unspecified atom stereocenters. The van der Waals surface area contributed by atoms with Gasteiger partial charge in [-0.05, 0) is 24.3 Å². The van der Waals surface area contributed by atoms with Crippen molar-refractivity contribution in [1.82, 2.24) is 9.97 Å². The molecule has 0 spiro atoms. The van der Waals surface area contributed by atoms with E-state index in [1.807, 2.05) is 0 Å². The molecule has 0 bridgehead atoms. The van der Waals surface area contributed by atoms with Crippen molar-refractivity contribution >= 4 is 11.9 Å². The van der Waals surface area contributed by atoms with Crippen LogP contribution in [0.5, 0.6) is 0 Å².